The molecule has 0 fully saturated rings. The van der Waals surface area contributed by atoms with Gasteiger partial charge in [0.05, 0.1) is 5.56 Å². The number of nitrogens with zero attached hydrogens (tertiary/aromatic N) is 1. The van der Waals surface area contributed by atoms with E-state index in [4.69, 9.17) is 10.5 Å². The van der Waals surface area contributed by atoms with Gasteiger partial charge in [0.15, 0.2) is 0 Å². The van der Waals surface area contributed by atoms with Crippen molar-refractivity contribution < 1.29 is 9.53 Å². The molecule has 0 atom stereocenters. The molecule has 1 aromatic heterocycles. The van der Waals surface area contributed by atoms with Crippen LogP contribution in [0.1, 0.15) is 15.9 Å². The number of ether oxygens (including phenoxy) is 1. The maximum Gasteiger partial charge on any atom is 0.255 e. The van der Waals surface area contributed by atoms with E-state index in [2.05, 4.69) is 10.3 Å². The number of nitrogens with two attached hydrogens (primary N) is 1. The summed E-state index contributed by atoms with van der Waals surface area (Å²) in [6, 6.07) is 18.8. The van der Waals surface area contributed by atoms with Crippen molar-refractivity contribution in [3.8, 4) is 11.5 Å². The highest BCUT2D eigenvalue weighted by Gasteiger charge is 2.09. The van der Waals surface area contributed by atoms with Crippen molar-refractivity contribution in [2.24, 2.45) is 0 Å². The van der Waals surface area contributed by atoms with E-state index < -0.39 is 0 Å². The smallest absolute Gasteiger partial charge is 0.255 e. The van der Waals surface area contributed by atoms with Crippen LogP contribution in [0.3, 0.4) is 0 Å². The fraction of sp³-hybridized carbons (Fsp3) is 0.100. The Kier molecular flexibility index (Phi) is 5.76. The zero-order chi connectivity index (χ0) is 18.4. The number of hydrogen-bond acceptors (Lipinski definition) is 5. The van der Waals surface area contributed by atoms with E-state index in [1.807, 2.05) is 54.8 Å². The number of rotatable bonds is 6. The summed E-state index contributed by atoms with van der Waals surface area (Å²) in [5.74, 6) is 1.51. The zero-order valence-electron chi connectivity index (χ0n) is 14.3. The molecule has 0 saturated carbocycles. The lowest BCUT2D eigenvalue weighted by atomic mass is 10.2. The van der Waals surface area contributed by atoms with Gasteiger partial charge in [0.1, 0.15) is 17.3 Å². The summed E-state index contributed by atoms with van der Waals surface area (Å²) >= 11 is 1.69. The Morgan fingerprint density at radius 3 is 2.35 bits per heavy atom. The summed E-state index contributed by atoms with van der Waals surface area (Å²) in [4.78, 5) is 17.3. The molecule has 1 heterocycles. The highest BCUT2D eigenvalue weighted by molar-refractivity contribution is 7.98. The first-order chi connectivity index (χ1) is 12.7. The number of pyridine rings is 1. The molecule has 0 spiro atoms. The first-order valence-electron chi connectivity index (χ1n) is 8.05. The van der Waals surface area contributed by atoms with Crippen LogP contribution in [-0.2, 0) is 6.54 Å². The molecule has 0 radical (unpaired) electrons. The highest BCUT2D eigenvalue weighted by Crippen LogP contribution is 2.24. The molecule has 0 aliphatic rings. The minimum atomic E-state index is -0.246. The maximum absolute atomic E-state index is 12.1. The van der Waals surface area contributed by atoms with E-state index in [1.165, 1.54) is 4.90 Å². The zero-order valence-corrected chi connectivity index (χ0v) is 15.1. The van der Waals surface area contributed by atoms with Gasteiger partial charge in [-0.1, -0.05) is 12.1 Å². The number of benzene rings is 2. The topological polar surface area (TPSA) is 77.2 Å². The first kappa shape index (κ1) is 17.8. The number of amides is 1. The molecule has 0 unspecified atom stereocenters. The number of thioether (sulfide) groups is 1. The standard InChI is InChI=1S/C20H19N3O2S/c1-26-17-10-8-16(9-11-17)25-15-6-4-14(5-7-15)13-23-20(24)18-3-2-12-22-19(18)21/h2-12H,13H2,1H3,(H2,21,22)(H,23,24). The van der Waals surface area contributed by atoms with Crippen LogP contribution < -0.4 is 15.8 Å². The van der Waals surface area contributed by atoms with Crippen molar-refractivity contribution in [3.05, 3.63) is 78.0 Å². The van der Waals surface area contributed by atoms with Crippen LogP contribution in [0.2, 0.25) is 0 Å². The summed E-state index contributed by atoms with van der Waals surface area (Å²) < 4.78 is 5.82. The van der Waals surface area contributed by atoms with Crippen LogP contribution in [0.25, 0.3) is 0 Å². The number of nitrogen functional groups attached to an aromatic ring is 1. The van der Waals surface area contributed by atoms with Crippen LogP contribution >= 0.6 is 11.8 Å². The number of nitrogens with one attached hydrogen (secondary N) is 1. The van der Waals surface area contributed by atoms with Gasteiger partial charge >= 0.3 is 0 Å². The van der Waals surface area contributed by atoms with Crippen LogP contribution in [0, 0.1) is 0 Å². The predicted molar refractivity (Wildman–Crippen MR) is 105 cm³/mol. The molecule has 0 saturated heterocycles. The molecule has 1 amide bonds. The minimum Gasteiger partial charge on any atom is -0.457 e. The maximum atomic E-state index is 12.1. The Hall–Kier alpha value is -2.99. The lowest BCUT2D eigenvalue weighted by Crippen LogP contribution is -2.24. The van der Waals surface area contributed by atoms with E-state index in [-0.39, 0.29) is 11.7 Å². The molecule has 3 rings (SSSR count). The monoisotopic (exact) mass is 365 g/mol. The summed E-state index contributed by atoms with van der Waals surface area (Å²) in [7, 11) is 0. The van der Waals surface area contributed by atoms with Crippen molar-refractivity contribution in [3.63, 3.8) is 0 Å². The fourth-order valence-corrected chi connectivity index (χ4v) is 2.75. The van der Waals surface area contributed by atoms with Gasteiger partial charge in [-0.25, -0.2) is 4.98 Å². The second-order valence-corrected chi connectivity index (χ2v) is 6.42. The van der Waals surface area contributed by atoms with Crippen LogP contribution in [0.5, 0.6) is 11.5 Å². The number of aromatic nitrogens is 1. The normalized spacial score (nSPS) is 10.3. The van der Waals surface area contributed by atoms with Gasteiger partial charge in [-0.05, 0) is 60.4 Å². The number of carbonyl (C=O) groups excluding carboxylic acids is 1. The Morgan fingerprint density at radius 2 is 1.73 bits per heavy atom. The lowest BCUT2D eigenvalue weighted by Gasteiger charge is -2.09. The SMILES string of the molecule is CSc1ccc(Oc2ccc(CNC(=O)c3cccnc3N)cc2)cc1. The molecule has 3 N–H and O–H groups in total. The molecule has 132 valence electrons. The van der Waals surface area contributed by atoms with Crippen molar-refractivity contribution in [1.82, 2.24) is 10.3 Å². The van der Waals surface area contributed by atoms with E-state index >= 15 is 0 Å². The van der Waals surface area contributed by atoms with Gasteiger partial charge in [0.2, 0.25) is 0 Å². The molecule has 0 aliphatic heterocycles. The molecule has 5 nitrogen and oxygen atoms in total. The van der Waals surface area contributed by atoms with Gasteiger partial charge < -0.3 is 15.8 Å². The number of hydrogen-bond donors (Lipinski definition) is 2. The average Bonchev–Trinajstić information content (AvgIpc) is 2.68. The van der Waals surface area contributed by atoms with Gasteiger partial charge in [-0.15, -0.1) is 11.8 Å². The molecular weight excluding hydrogens is 346 g/mol. The van der Waals surface area contributed by atoms with Crippen molar-refractivity contribution >= 4 is 23.5 Å². The van der Waals surface area contributed by atoms with E-state index in [1.54, 1.807) is 30.1 Å². The molecule has 3 aromatic rings. The average molecular weight is 365 g/mol. The number of carbonyl (C=O) groups is 1. The highest BCUT2D eigenvalue weighted by atomic mass is 32.2. The molecule has 26 heavy (non-hydrogen) atoms. The summed E-state index contributed by atoms with van der Waals surface area (Å²) in [5.41, 5.74) is 7.05. The number of anilines is 1. The van der Waals surface area contributed by atoms with E-state index in [9.17, 15) is 4.79 Å². The predicted octanol–water partition coefficient (Wildman–Crippen LogP) is 4.11. The quantitative estimate of drug-likeness (QED) is 0.643. The Bertz CT molecular complexity index is 880. The minimum absolute atomic E-state index is 0.223. The second-order valence-electron chi connectivity index (χ2n) is 5.54. The summed E-state index contributed by atoms with van der Waals surface area (Å²) in [6.07, 6.45) is 3.59. The molecule has 0 bridgehead atoms. The Labute approximate surface area is 156 Å². The van der Waals surface area contributed by atoms with Crippen LogP contribution in [-0.4, -0.2) is 17.1 Å². The third-order valence-corrected chi connectivity index (χ3v) is 4.50. The second kappa shape index (κ2) is 8.40. The third-order valence-electron chi connectivity index (χ3n) is 3.75. The van der Waals surface area contributed by atoms with E-state index in [0.29, 0.717) is 12.1 Å². The van der Waals surface area contributed by atoms with Gasteiger partial charge in [0.25, 0.3) is 5.91 Å². The molecule has 2 aromatic carbocycles. The third kappa shape index (κ3) is 4.55. The Balaban J connectivity index is 1.57. The van der Waals surface area contributed by atoms with Gasteiger partial charge in [-0.3, -0.25) is 4.79 Å². The van der Waals surface area contributed by atoms with Crippen LogP contribution in [0.15, 0.2) is 71.8 Å². The fourth-order valence-electron chi connectivity index (χ4n) is 2.34. The van der Waals surface area contributed by atoms with E-state index in [0.717, 1.165) is 17.1 Å². The molecule has 0 aliphatic carbocycles. The van der Waals surface area contributed by atoms with Crippen molar-refractivity contribution in [2.75, 3.05) is 12.0 Å². The summed E-state index contributed by atoms with van der Waals surface area (Å²) in [5, 5.41) is 2.84. The van der Waals surface area contributed by atoms with Gasteiger partial charge in [0, 0.05) is 17.6 Å². The molecule has 6 heteroatoms. The van der Waals surface area contributed by atoms with Crippen LogP contribution in [0.4, 0.5) is 5.82 Å². The van der Waals surface area contributed by atoms with Crippen molar-refractivity contribution in [1.29, 1.82) is 0 Å². The van der Waals surface area contributed by atoms with Gasteiger partial charge in [-0.2, -0.15) is 0 Å². The Morgan fingerprint density at radius 1 is 1.08 bits per heavy atom. The molecular formula is C20H19N3O2S. The lowest BCUT2D eigenvalue weighted by molar-refractivity contribution is 0.0951. The summed E-state index contributed by atoms with van der Waals surface area (Å²) in [6.45, 7) is 0.399. The first-order valence-corrected chi connectivity index (χ1v) is 9.28. The largest absolute Gasteiger partial charge is 0.457 e. The van der Waals surface area contributed by atoms with Crippen molar-refractivity contribution in [2.45, 2.75) is 11.4 Å².